The molecule has 0 heterocycles. The maximum atomic E-state index is 5.89. The zero-order valence-corrected chi connectivity index (χ0v) is 9.57. The Kier molecular flexibility index (Phi) is 3.46. The highest BCUT2D eigenvalue weighted by atomic mass is 127. The normalized spacial score (nSPS) is 9.90. The predicted octanol–water partition coefficient (Wildman–Crippen LogP) is 4.04. The average molecular weight is 331 g/mol. The fraction of sp³-hybridized carbons (Fsp3) is 0.143. The monoisotopic (exact) mass is 330 g/mol. The van der Waals surface area contributed by atoms with Crippen LogP contribution in [0.3, 0.4) is 0 Å². The van der Waals surface area contributed by atoms with Crippen LogP contribution in [-0.4, -0.2) is 0 Å². The first-order valence-electron chi connectivity index (χ1n) is 2.74. The van der Waals surface area contributed by atoms with Gasteiger partial charge in [0.25, 0.3) is 0 Å². The molecule has 54 valence electrons. The lowest BCUT2D eigenvalue weighted by Crippen LogP contribution is -1.80. The van der Waals surface area contributed by atoms with Gasteiger partial charge in [0.15, 0.2) is 0 Å². The zero-order valence-electron chi connectivity index (χ0n) is 5.07. The van der Waals surface area contributed by atoms with E-state index in [9.17, 15) is 0 Å². The van der Waals surface area contributed by atoms with E-state index in [1.165, 1.54) is 5.56 Å². The van der Waals surface area contributed by atoms with Crippen LogP contribution in [0.5, 0.6) is 0 Å². The Hall–Kier alpha value is 0.720. The Labute approximate surface area is 87.2 Å². The molecule has 0 nitrogen and oxygen atoms in total. The van der Waals surface area contributed by atoms with Crippen molar-refractivity contribution in [1.29, 1.82) is 0 Å². The highest BCUT2D eigenvalue weighted by molar-refractivity contribution is 14.1. The van der Waals surface area contributed by atoms with Crippen LogP contribution in [-0.2, 0) is 4.43 Å². The molecule has 1 rings (SSSR count). The molecule has 1 aromatic carbocycles. The van der Waals surface area contributed by atoms with E-state index in [2.05, 4.69) is 38.5 Å². The summed E-state index contributed by atoms with van der Waals surface area (Å²) in [5, 5.41) is 0.837. The molecule has 0 fully saturated rings. The van der Waals surface area contributed by atoms with Crippen molar-refractivity contribution in [2.45, 2.75) is 4.43 Å². The summed E-state index contributed by atoms with van der Waals surface area (Å²) in [5.41, 5.74) is 1.17. The van der Waals surface area contributed by atoms with Crippen LogP contribution in [0.15, 0.2) is 22.7 Å². The summed E-state index contributed by atoms with van der Waals surface area (Å²) in [6.45, 7) is 0. The number of hydrogen-bond acceptors (Lipinski definition) is 0. The minimum atomic E-state index is 0.837. The van der Waals surface area contributed by atoms with Crippen molar-refractivity contribution in [2.75, 3.05) is 0 Å². The lowest BCUT2D eigenvalue weighted by molar-refractivity contribution is 1.42. The Morgan fingerprint density at radius 3 is 2.60 bits per heavy atom. The van der Waals surface area contributed by atoms with Crippen molar-refractivity contribution in [1.82, 2.24) is 0 Å². The van der Waals surface area contributed by atoms with Gasteiger partial charge in [0.2, 0.25) is 0 Å². The van der Waals surface area contributed by atoms with Gasteiger partial charge in [-0.2, -0.15) is 0 Å². The van der Waals surface area contributed by atoms with Crippen molar-refractivity contribution >= 4 is 50.1 Å². The van der Waals surface area contributed by atoms with Gasteiger partial charge in [-0.05, 0) is 17.7 Å². The molecule has 0 unspecified atom stereocenters. The summed E-state index contributed by atoms with van der Waals surface area (Å²) >= 11 is 11.6. The number of halogens is 3. The topological polar surface area (TPSA) is 0 Å². The molecule has 1 aromatic rings. The third-order valence-electron chi connectivity index (χ3n) is 1.20. The van der Waals surface area contributed by atoms with Crippen molar-refractivity contribution in [3.63, 3.8) is 0 Å². The number of hydrogen-bond donors (Lipinski definition) is 0. The maximum Gasteiger partial charge on any atom is 0.0457 e. The molecule has 10 heavy (non-hydrogen) atoms. The lowest BCUT2D eigenvalue weighted by Gasteiger charge is -2.00. The molecule has 0 saturated heterocycles. The van der Waals surface area contributed by atoms with E-state index in [4.69, 9.17) is 11.6 Å². The lowest BCUT2D eigenvalue weighted by atomic mass is 10.2. The van der Waals surface area contributed by atoms with Crippen LogP contribution in [0.2, 0.25) is 5.02 Å². The molecular formula is C7H5BrClI. The molecule has 0 atom stereocenters. The summed E-state index contributed by atoms with van der Waals surface area (Å²) in [4.78, 5) is 0. The highest BCUT2D eigenvalue weighted by Crippen LogP contribution is 2.26. The Morgan fingerprint density at radius 2 is 2.20 bits per heavy atom. The van der Waals surface area contributed by atoms with Crippen LogP contribution in [0.1, 0.15) is 5.56 Å². The quantitative estimate of drug-likeness (QED) is 0.538. The number of benzene rings is 1. The van der Waals surface area contributed by atoms with Gasteiger partial charge in [0.1, 0.15) is 0 Å². The van der Waals surface area contributed by atoms with E-state index in [1.54, 1.807) is 0 Å². The van der Waals surface area contributed by atoms with Crippen LogP contribution in [0.4, 0.5) is 0 Å². The highest BCUT2D eigenvalue weighted by Gasteiger charge is 2.00. The van der Waals surface area contributed by atoms with Crippen molar-refractivity contribution in [2.24, 2.45) is 0 Å². The van der Waals surface area contributed by atoms with Gasteiger partial charge in [-0.3, -0.25) is 0 Å². The Bertz CT molecular complexity index is 217. The maximum absolute atomic E-state index is 5.89. The second-order valence-electron chi connectivity index (χ2n) is 1.83. The molecule has 0 aliphatic rings. The molecule has 0 spiro atoms. The van der Waals surface area contributed by atoms with Gasteiger partial charge < -0.3 is 0 Å². The average Bonchev–Trinajstić information content (AvgIpc) is 1.88. The molecule has 0 aliphatic carbocycles. The third kappa shape index (κ3) is 1.86. The molecule has 3 heteroatoms. The smallest absolute Gasteiger partial charge is 0.0457 e. The van der Waals surface area contributed by atoms with E-state index >= 15 is 0 Å². The van der Waals surface area contributed by atoms with E-state index in [-0.39, 0.29) is 0 Å². The standard InChI is InChI=1S/C7H5BrClI/c8-6-2-1-3-7(9)5(6)4-10/h1-3H,4H2. The first kappa shape index (κ1) is 8.81. The zero-order chi connectivity index (χ0) is 7.56. The molecule has 0 aliphatic heterocycles. The van der Waals surface area contributed by atoms with Gasteiger partial charge in [-0.1, -0.05) is 56.2 Å². The van der Waals surface area contributed by atoms with Crippen LogP contribution >= 0.6 is 50.1 Å². The number of rotatable bonds is 1. The van der Waals surface area contributed by atoms with Crippen LogP contribution < -0.4 is 0 Å². The fourth-order valence-electron chi connectivity index (χ4n) is 0.660. The second-order valence-corrected chi connectivity index (χ2v) is 3.86. The molecule has 0 aromatic heterocycles. The van der Waals surface area contributed by atoms with Crippen LogP contribution in [0, 0.1) is 0 Å². The molecular weight excluding hydrogens is 326 g/mol. The van der Waals surface area contributed by atoms with Gasteiger partial charge in [0, 0.05) is 13.9 Å². The summed E-state index contributed by atoms with van der Waals surface area (Å²) in [6, 6.07) is 5.84. The minimum absolute atomic E-state index is 0.837. The predicted molar refractivity (Wildman–Crippen MR) is 56.9 cm³/mol. The SMILES string of the molecule is Clc1cccc(Br)c1CI. The van der Waals surface area contributed by atoms with Crippen molar-refractivity contribution in [3.8, 4) is 0 Å². The van der Waals surface area contributed by atoms with Crippen molar-refractivity contribution in [3.05, 3.63) is 33.3 Å². The summed E-state index contributed by atoms with van der Waals surface area (Å²) < 4.78 is 2.03. The first-order chi connectivity index (χ1) is 4.75. The molecule has 0 bridgehead atoms. The van der Waals surface area contributed by atoms with E-state index < -0.39 is 0 Å². The number of alkyl halides is 1. The van der Waals surface area contributed by atoms with E-state index in [0.717, 1.165) is 13.9 Å². The van der Waals surface area contributed by atoms with Gasteiger partial charge in [-0.25, -0.2) is 0 Å². The Morgan fingerprint density at radius 1 is 1.50 bits per heavy atom. The molecule has 0 N–H and O–H groups in total. The van der Waals surface area contributed by atoms with E-state index in [0.29, 0.717) is 0 Å². The Balaban J connectivity index is 3.17. The van der Waals surface area contributed by atoms with E-state index in [1.807, 2.05) is 18.2 Å². The van der Waals surface area contributed by atoms with Gasteiger partial charge >= 0.3 is 0 Å². The molecule has 0 saturated carbocycles. The minimum Gasteiger partial charge on any atom is -0.0840 e. The summed E-state index contributed by atoms with van der Waals surface area (Å²) in [5.74, 6) is 0. The fourth-order valence-corrected chi connectivity index (χ4v) is 3.09. The van der Waals surface area contributed by atoms with Crippen molar-refractivity contribution < 1.29 is 0 Å². The molecule has 0 radical (unpaired) electrons. The summed E-state index contributed by atoms with van der Waals surface area (Å²) in [7, 11) is 0. The van der Waals surface area contributed by atoms with Gasteiger partial charge in [-0.15, -0.1) is 0 Å². The largest absolute Gasteiger partial charge is 0.0840 e. The second kappa shape index (κ2) is 3.93. The molecule has 0 amide bonds. The summed E-state index contributed by atoms with van der Waals surface area (Å²) in [6.07, 6.45) is 0. The van der Waals surface area contributed by atoms with Gasteiger partial charge in [0.05, 0.1) is 0 Å². The first-order valence-corrected chi connectivity index (χ1v) is 5.44. The van der Waals surface area contributed by atoms with Crippen LogP contribution in [0.25, 0.3) is 0 Å². The third-order valence-corrected chi connectivity index (χ3v) is 3.06.